The van der Waals surface area contributed by atoms with Gasteiger partial charge in [0.15, 0.2) is 5.69 Å². The third-order valence-corrected chi connectivity index (χ3v) is 5.50. The van der Waals surface area contributed by atoms with Crippen LogP contribution < -0.4 is 10.0 Å². The van der Waals surface area contributed by atoms with Gasteiger partial charge < -0.3 is 5.32 Å². The average molecular weight is 459 g/mol. The van der Waals surface area contributed by atoms with Crippen molar-refractivity contribution in [3.63, 3.8) is 0 Å². The lowest BCUT2D eigenvalue weighted by molar-refractivity contribution is -0.141. The largest absolute Gasteiger partial charge is 0.435 e. The topological polar surface area (TPSA) is 93.1 Å². The number of hydrogen-bond acceptors (Lipinski definition) is 4. The highest BCUT2D eigenvalue weighted by Crippen LogP contribution is 2.29. The van der Waals surface area contributed by atoms with Crippen molar-refractivity contribution >= 4 is 33.3 Å². The van der Waals surface area contributed by atoms with E-state index < -0.39 is 27.9 Å². The quantitative estimate of drug-likeness (QED) is 0.607. The Morgan fingerprint density at radius 3 is 2.20 bits per heavy atom. The maximum atomic E-state index is 12.8. The number of aromatic nitrogens is 2. The van der Waals surface area contributed by atoms with Gasteiger partial charge in [-0.15, -0.1) is 0 Å². The van der Waals surface area contributed by atoms with Gasteiger partial charge in [0.1, 0.15) is 0 Å². The van der Waals surface area contributed by atoms with Crippen LogP contribution in [0.5, 0.6) is 0 Å². The second kappa shape index (κ2) is 8.00. The summed E-state index contributed by atoms with van der Waals surface area (Å²) >= 11 is 5.74. The van der Waals surface area contributed by atoms with Crippen molar-refractivity contribution in [2.24, 2.45) is 0 Å². The minimum atomic E-state index is -4.60. The maximum absolute atomic E-state index is 12.8. The van der Waals surface area contributed by atoms with E-state index in [2.05, 4.69) is 10.4 Å². The van der Waals surface area contributed by atoms with Gasteiger partial charge in [0.2, 0.25) is 0 Å². The minimum absolute atomic E-state index is 0.221. The summed E-state index contributed by atoms with van der Waals surface area (Å²) in [6.45, 7) is 1.44. The Morgan fingerprint density at radius 1 is 1.07 bits per heavy atom. The number of rotatable bonds is 4. The molecule has 1 aromatic heterocycles. The van der Waals surface area contributed by atoms with Gasteiger partial charge in [0.25, 0.3) is 10.0 Å². The highest BCUT2D eigenvalue weighted by molar-refractivity contribution is 7.90. The number of hydrogen-bond donors (Lipinski definition) is 2. The van der Waals surface area contributed by atoms with Crippen molar-refractivity contribution in [1.29, 1.82) is 0 Å². The molecule has 0 aliphatic carbocycles. The smallest absolute Gasteiger partial charge is 0.307 e. The second-order valence-electron chi connectivity index (χ2n) is 6.14. The standard InChI is InChI=1S/C18H14ClF3N4O3S/c1-11-10-16(18(20,21)22)24-26(11)14-6-8-15(9-7-14)30(28,29)25-17(27)23-13-4-2-12(19)3-5-13/h2-10H,1H3,(H2,23,25,27). The lowest BCUT2D eigenvalue weighted by Crippen LogP contribution is -2.34. The molecule has 0 bridgehead atoms. The van der Waals surface area contributed by atoms with Gasteiger partial charge in [-0.25, -0.2) is 22.6 Å². The van der Waals surface area contributed by atoms with Crippen LogP contribution in [0.4, 0.5) is 23.7 Å². The van der Waals surface area contributed by atoms with Gasteiger partial charge in [0, 0.05) is 16.4 Å². The average Bonchev–Trinajstić information content (AvgIpc) is 3.05. The zero-order valence-corrected chi connectivity index (χ0v) is 16.8. The Bertz CT molecular complexity index is 1170. The van der Waals surface area contributed by atoms with Gasteiger partial charge in [0.05, 0.1) is 10.6 Å². The predicted octanol–water partition coefficient (Wildman–Crippen LogP) is 4.36. The molecule has 0 fully saturated rings. The Hall–Kier alpha value is -3.05. The number of alkyl halides is 3. The molecular formula is C18H14ClF3N4O3S. The third-order valence-electron chi connectivity index (χ3n) is 3.90. The van der Waals surface area contributed by atoms with Crippen molar-refractivity contribution in [2.75, 3.05) is 5.32 Å². The number of nitrogens with zero attached hydrogens (tertiary/aromatic N) is 2. The van der Waals surface area contributed by atoms with Crippen LogP contribution in [0, 0.1) is 6.92 Å². The van der Waals surface area contributed by atoms with Crippen LogP contribution in [0.25, 0.3) is 5.69 Å². The van der Waals surface area contributed by atoms with E-state index in [1.807, 2.05) is 4.72 Å². The molecule has 0 spiro atoms. The number of carbonyl (C=O) groups is 1. The predicted molar refractivity (Wildman–Crippen MR) is 104 cm³/mol. The zero-order chi connectivity index (χ0) is 22.1. The normalized spacial score (nSPS) is 11.9. The molecule has 2 N–H and O–H groups in total. The number of sulfonamides is 1. The molecule has 0 saturated carbocycles. The van der Waals surface area contributed by atoms with Gasteiger partial charge in [-0.05, 0) is 61.5 Å². The summed E-state index contributed by atoms with van der Waals surface area (Å²) in [6.07, 6.45) is -4.60. The summed E-state index contributed by atoms with van der Waals surface area (Å²) in [7, 11) is -4.21. The van der Waals surface area contributed by atoms with E-state index in [1.165, 1.54) is 43.3 Å². The number of aryl methyl sites for hydroxylation is 1. The monoisotopic (exact) mass is 458 g/mol. The van der Waals surface area contributed by atoms with Crippen molar-refractivity contribution in [3.05, 3.63) is 71.0 Å². The molecule has 2 amide bonds. The molecule has 0 aliphatic heterocycles. The number of anilines is 1. The Balaban J connectivity index is 1.75. The van der Waals surface area contributed by atoms with Gasteiger partial charge >= 0.3 is 12.2 Å². The van der Waals surface area contributed by atoms with Crippen LogP contribution in [0.1, 0.15) is 11.4 Å². The summed E-state index contributed by atoms with van der Waals surface area (Å²) in [5.41, 5.74) is -0.278. The summed E-state index contributed by atoms with van der Waals surface area (Å²) in [4.78, 5) is 11.7. The third kappa shape index (κ3) is 4.92. The van der Waals surface area contributed by atoms with Gasteiger partial charge in [-0.1, -0.05) is 11.6 Å². The summed E-state index contributed by atoms with van der Waals surface area (Å²) < 4.78 is 66.1. The van der Waals surface area contributed by atoms with Crippen LogP contribution in [0.3, 0.4) is 0 Å². The van der Waals surface area contributed by atoms with Crippen molar-refractivity contribution in [3.8, 4) is 5.69 Å². The van der Waals surface area contributed by atoms with Crippen molar-refractivity contribution in [2.45, 2.75) is 18.0 Å². The zero-order valence-electron chi connectivity index (χ0n) is 15.2. The summed E-state index contributed by atoms with van der Waals surface area (Å²) in [6, 6.07) is 10.8. The van der Waals surface area contributed by atoms with Crippen molar-refractivity contribution in [1.82, 2.24) is 14.5 Å². The van der Waals surface area contributed by atoms with Gasteiger partial charge in [-0.2, -0.15) is 18.3 Å². The molecule has 158 valence electrons. The summed E-state index contributed by atoms with van der Waals surface area (Å²) in [5.74, 6) is 0. The van der Waals surface area contributed by atoms with E-state index in [4.69, 9.17) is 11.6 Å². The van der Waals surface area contributed by atoms with Gasteiger partial charge in [-0.3, -0.25) is 0 Å². The first-order chi connectivity index (χ1) is 14.0. The van der Waals surface area contributed by atoms with Crippen LogP contribution in [0.15, 0.2) is 59.5 Å². The van der Waals surface area contributed by atoms with E-state index in [9.17, 15) is 26.4 Å². The van der Waals surface area contributed by atoms with Crippen LogP contribution in [0.2, 0.25) is 5.02 Å². The molecule has 30 heavy (non-hydrogen) atoms. The molecule has 12 heteroatoms. The molecule has 1 heterocycles. The first kappa shape index (κ1) is 21.7. The van der Waals surface area contributed by atoms with Crippen LogP contribution in [-0.2, 0) is 16.2 Å². The molecule has 3 aromatic rings. The van der Waals surface area contributed by atoms with E-state index in [1.54, 1.807) is 0 Å². The highest BCUT2D eigenvalue weighted by Gasteiger charge is 2.34. The molecule has 0 saturated heterocycles. The lowest BCUT2D eigenvalue weighted by atomic mass is 10.3. The number of carbonyl (C=O) groups excluding carboxylic acids is 1. The van der Waals surface area contributed by atoms with Crippen LogP contribution in [-0.4, -0.2) is 24.2 Å². The Labute approximate surface area is 174 Å². The Kier molecular flexibility index (Phi) is 5.77. The van der Waals surface area contributed by atoms with E-state index >= 15 is 0 Å². The Morgan fingerprint density at radius 2 is 1.67 bits per heavy atom. The number of amides is 2. The fourth-order valence-corrected chi connectivity index (χ4v) is 3.54. The number of urea groups is 1. The fraction of sp³-hybridized carbons (Fsp3) is 0.111. The van der Waals surface area contributed by atoms with E-state index in [0.717, 1.165) is 22.9 Å². The van der Waals surface area contributed by atoms with Crippen molar-refractivity contribution < 1.29 is 26.4 Å². The van der Waals surface area contributed by atoms with E-state index in [0.29, 0.717) is 10.7 Å². The fourth-order valence-electron chi connectivity index (χ4n) is 2.51. The first-order valence-electron chi connectivity index (χ1n) is 8.29. The second-order valence-corrected chi connectivity index (χ2v) is 8.26. The number of halogens is 4. The molecule has 0 atom stereocenters. The molecule has 2 aromatic carbocycles. The molecule has 0 radical (unpaired) electrons. The maximum Gasteiger partial charge on any atom is 0.435 e. The number of benzene rings is 2. The molecule has 0 aliphatic rings. The lowest BCUT2D eigenvalue weighted by Gasteiger charge is -2.10. The minimum Gasteiger partial charge on any atom is -0.307 e. The molecule has 7 nitrogen and oxygen atoms in total. The summed E-state index contributed by atoms with van der Waals surface area (Å²) in [5, 5.41) is 6.29. The van der Waals surface area contributed by atoms with E-state index in [-0.39, 0.29) is 16.3 Å². The van der Waals surface area contributed by atoms with Crippen LogP contribution >= 0.6 is 11.6 Å². The SMILES string of the molecule is Cc1cc(C(F)(F)F)nn1-c1ccc(S(=O)(=O)NC(=O)Nc2ccc(Cl)cc2)cc1. The molecular weight excluding hydrogens is 445 g/mol. The highest BCUT2D eigenvalue weighted by atomic mass is 35.5. The molecule has 0 unspecified atom stereocenters. The molecule has 3 rings (SSSR count). The first-order valence-corrected chi connectivity index (χ1v) is 10.2. The number of nitrogens with one attached hydrogen (secondary N) is 2.